The minimum atomic E-state index is -0.206. The molecule has 0 aliphatic heterocycles. The monoisotopic (exact) mass is 393 g/mol. The van der Waals surface area contributed by atoms with Gasteiger partial charge in [0, 0.05) is 32.0 Å². The third-order valence-electron chi connectivity index (χ3n) is 4.65. The maximum Gasteiger partial charge on any atom is 0.191 e. The van der Waals surface area contributed by atoms with Crippen LogP contribution in [-0.4, -0.2) is 28.6 Å². The van der Waals surface area contributed by atoms with Crippen molar-refractivity contribution in [1.82, 2.24) is 20.2 Å². The number of rotatable bonds is 8. The van der Waals surface area contributed by atoms with E-state index in [0.717, 1.165) is 49.0 Å². The largest absolute Gasteiger partial charge is 0.357 e. The Bertz CT molecular complexity index is 930. The number of aliphatic imine (C=N–C) groups is 1. The van der Waals surface area contributed by atoms with Crippen molar-refractivity contribution in [1.29, 1.82) is 0 Å². The van der Waals surface area contributed by atoms with E-state index in [9.17, 15) is 4.39 Å². The highest BCUT2D eigenvalue weighted by Gasteiger charge is 2.02. The van der Waals surface area contributed by atoms with Crippen LogP contribution in [0.15, 0.2) is 65.9 Å². The lowest BCUT2D eigenvalue weighted by molar-refractivity contribution is 0.626. The van der Waals surface area contributed by atoms with Gasteiger partial charge >= 0.3 is 0 Å². The van der Waals surface area contributed by atoms with Crippen LogP contribution in [0.3, 0.4) is 0 Å². The Morgan fingerprint density at radius 1 is 1.07 bits per heavy atom. The standard InChI is InChI=1S/C23H28FN5/c1-3-25-23(27-12-11-19-7-9-22(24)10-8-19)28-16-20-5-4-6-21(15-20)17-29-14-13-26-18(29)2/h4-10,13-15H,3,11-12,16-17H2,1-2H3,(H2,25,27,28). The summed E-state index contributed by atoms with van der Waals surface area (Å²) in [7, 11) is 0. The molecule has 3 rings (SSSR count). The molecule has 1 heterocycles. The Morgan fingerprint density at radius 2 is 1.86 bits per heavy atom. The molecule has 0 aliphatic rings. The zero-order valence-corrected chi connectivity index (χ0v) is 17.0. The van der Waals surface area contributed by atoms with Crippen LogP contribution in [0, 0.1) is 12.7 Å². The second kappa shape index (κ2) is 10.4. The molecule has 3 aromatic rings. The van der Waals surface area contributed by atoms with E-state index in [1.807, 2.05) is 38.4 Å². The van der Waals surface area contributed by atoms with E-state index in [-0.39, 0.29) is 5.82 Å². The zero-order valence-electron chi connectivity index (χ0n) is 17.0. The lowest BCUT2D eigenvalue weighted by atomic mass is 10.1. The Morgan fingerprint density at radius 3 is 2.59 bits per heavy atom. The summed E-state index contributed by atoms with van der Waals surface area (Å²) in [6, 6.07) is 15.1. The summed E-state index contributed by atoms with van der Waals surface area (Å²) < 4.78 is 15.1. The van der Waals surface area contributed by atoms with Crippen LogP contribution in [-0.2, 0) is 19.5 Å². The Kier molecular flexibility index (Phi) is 7.39. The number of hydrogen-bond acceptors (Lipinski definition) is 2. The third-order valence-corrected chi connectivity index (χ3v) is 4.65. The van der Waals surface area contributed by atoms with Crippen molar-refractivity contribution in [3.63, 3.8) is 0 Å². The molecule has 0 bridgehead atoms. The van der Waals surface area contributed by atoms with E-state index in [1.54, 1.807) is 0 Å². The number of halogens is 1. The molecule has 152 valence electrons. The molecule has 0 fully saturated rings. The number of nitrogens with one attached hydrogen (secondary N) is 2. The summed E-state index contributed by atoms with van der Waals surface area (Å²) >= 11 is 0. The van der Waals surface area contributed by atoms with Crippen LogP contribution < -0.4 is 10.6 Å². The van der Waals surface area contributed by atoms with Gasteiger partial charge in [-0.25, -0.2) is 14.4 Å². The first kappa shape index (κ1) is 20.6. The summed E-state index contributed by atoms with van der Waals surface area (Å²) in [5.74, 6) is 1.58. The molecular formula is C23H28FN5. The quantitative estimate of drug-likeness (QED) is 0.453. The smallest absolute Gasteiger partial charge is 0.191 e. The zero-order chi connectivity index (χ0) is 20.5. The van der Waals surface area contributed by atoms with Crippen molar-refractivity contribution in [3.8, 4) is 0 Å². The van der Waals surface area contributed by atoms with Crippen molar-refractivity contribution in [2.24, 2.45) is 4.99 Å². The lowest BCUT2D eigenvalue weighted by Crippen LogP contribution is -2.38. The molecule has 0 spiro atoms. The summed E-state index contributed by atoms with van der Waals surface area (Å²) in [6.45, 7) is 6.99. The molecule has 29 heavy (non-hydrogen) atoms. The molecule has 2 aromatic carbocycles. The first-order valence-electron chi connectivity index (χ1n) is 9.96. The number of nitrogens with zero attached hydrogens (tertiary/aromatic N) is 3. The molecule has 0 radical (unpaired) electrons. The van der Waals surface area contributed by atoms with Gasteiger partial charge in [0.15, 0.2) is 5.96 Å². The van der Waals surface area contributed by atoms with Crippen molar-refractivity contribution in [3.05, 3.63) is 89.3 Å². The SMILES string of the molecule is CCNC(=NCc1cccc(Cn2ccnc2C)c1)NCCc1ccc(F)cc1. The molecule has 2 N–H and O–H groups in total. The fourth-order valence-electron chi connectivity index (χ4n) is 3.08. The van der Waals surface area contributed by atoms with Gasteiger partial charge in [-0.1, -0.05) is 36.4 Å². The number of hydrogen-bond donors (Lipinski definition) is 2. The molecule has 5 nitrogen and oxygen atoms in total. The lowest BCUT2D eigenvalue weighted by Gasteiger charge is -2.12. The van der Waals surface area contributed by atoms with E-state index in [0.29, 0.717) is 6.54 Å². The Hall–Kier alpha value is -3.15. The molecule has 0 aliphatic carbocycles. The highest BCUT2D eigenvalue weighted by atomic mass is 19.1. The first-order valence-corrected chi connectivity index (χ1v) is 9.96. The third kappa shape index (κ3) is 6.45. The summed E-state index contributed by atoms with van der Waals surface area (Å²) in [5.41, 5.74) is 3.49. The second-order valence-electron chi connectivity index (χ2n) is 6.92. The van der Waals surface area contributed by atoms with Crippen LogP contribution in [0.2, 0.25) is 0 Å². The second-order valence-corrected chi connectivity index (χ2v) is 6.92. The molecule has 0 saturated heterocycles. The van der Waals surface area contributed by atoms with E-state index >= 15 is 0 Å². The predicted octanol–water partition coefficient (Wildman–Crippen LogP) is 3.68. The maximum absolute atomic E-state index is 13.0. The van der Waals surface area contributed by atoms with Gasteiger partial charge in [0.2, 0.25) is 0 Å². The van der Waals surface area contributed by atoms with Crippen molar-refractivity contribution >= 4 is 5.96 Å². The number of guanidine groups is 1. The van der Waals surface area contributed by atoms with Gasteiger partial charge in [0.05, 0.1) is 6.54 Å². The fraction of sp³-hybridized carbons (Fsp3) is 0.304. The van der Waals surface area contributed by atoms with E-state index in [1.165, 1.54) is 17.7 Å². The molecule has 6 heteroatoms. The van der Waals surface area contributed by atoms with Gasteiger partial charge in [-0.05, 0) is 49.1 Å². The topological polar surface area (TPSA) is 54.2 Å². The van der Waals surface area contributed by atoms with Crippen molar-refractivity contribution in [2.75, 3.05) is 13.1 Å². The number of aromatic nitrogens is 2. The van der Waals surface area contributed by atoms with Gasteiger partial charge in [-0.2, -0.15) is 0 Å². The highest BCUT2D eigenvalue weighted by molar-refractivity contribution is 5.79. The number of imidazole rings is 1. The minimum Gasteiger partial charge on any atom is -0.357 e. The van der Waals surface area contributed by atoms with Crippen LogP contribution in [0.25, 0.3) is 0 Å². The predicted molar refractivity (Wildman–Crippen MR) is 115 cm³/mol. The maximum atomic E-state index is 13.0. The highest BCUT2D eigenvalue weighted by Crippen LogP contribution is 2.10. The van der Waals surface area contributed by atoms with Crippen LogP contribution in [0.1, 0.15) is 29.4 Å². The average Bonchev–Trinajstić information content (AvgIpc) is 3.12. The van der Waals surface area contributed by atoms with Gasteiger partial charge < -0.3 is 15.2 Å². The summed E-state index contributed by atoms with van der Waals surface area (Å²) in [6.07, 6.45) is 4.63. The van der Waals surface area contributed by atoms with Crippen LogP contribution >= 0.6 is 0 Å². The average molecular weight is 394 g/mol. The molecule has 0 amide bonds. The van der Waals surface area contributed by atoms with E-state index in [2.05, 4.69) is 44.5 Å². The van der Waals surface area contributed by atoms with Gasteiger partial charge in [-0.3, -0.25) is 0 Å². The van der Waals surface area contributed by atoms with Gasteiger partial charge in [-0.15, -0.1) is 0 Å². The Labute approximate surface area is 171 Å². The molecule has 0 unspecified atom stereocenters. The van der Waals surface area contributed by atoms with Gasteiger partial charge in [0.1, 0.15) is 11.6 Å². The summed E-state index contributed by atoms with van der Waals surface area (Å²) in [4.78, 5) is 8.98. The molecule has 0 saturated carbocycles. The van der Waals surface area contributed by atoms with Crippen molar-refractivity contribution in [2.45, 2.75) is 33.4 Å². The number of benzene rings is 2. The van der Waals surface area contributed by atoms with Crippen LogP contribution in [0.5, 0.6) is 0 Å². The minimum absolute atomic E-state index is 0.206. The first-order chi connectivity index (χ1) is 14.1. The van der Waals surface area contributed by atoms with E-state index < -0.39 is 0 Å². The normalized spacial score (nSPS) is 11.5. The van der Waals surface area contributed by atoms with E-state index in [4.69, 9.17) is 4.99 Å². The Balaban J connectivity index is 1.57. The fourth-order valence-corrected chi connectivity index (χ4v) is 3.08. The number of aryl methyl sites for hydroxylation is 1. The van der Waals surface area contributed by atoms with Crippen LogP contribution in [0.4, 0.5) is 4.39 Å². The molecular weight excluding hydrogens is 365 g/mol. The molecule has 1 aromatic heterocycles. The summed E-state index contributed by atoms with van der Waals surface area (Å²) in [5, 5.41) is 6.62. The van der Waals surface area contributed by atoms with Gasteiger partial charge in [0.25, 0.3) is 0 Å². The van der Waals surface area contributed by atoms with Crippen molar-refractivity contribution < 1.29 is 4.39 Å². The molecule has 0 atom stereocenters.